The second kappa shape index (κ2) is 9.22. The van der Waals surface area contributed by atoms with Crippen LogP contribution in [-0.4, -0.2) is 39.7 Å². The lowest BCUT2D eigenvalue weighted by atomic mass is 10.0. The number of nitrogens with zero attached hydrogens (tertiary/aromatic N) is 3. The number of carbonyl (C=O) groups excluding carboxylic acids is 2. The lowest BCUT2D eigenvalue weighted by molar-refractivity contribution is 0.0691. The number of likely N-dealkylation sites (tertiary alicyclic amines) is 1. The van der Waals surface area contributed by atoms with E-state index in [1.54, 1.807) is 36.5 Å². The largest absolute Gasteiger partial charge is 0.338 e. The molecule has 0 atom stereocenters. The van der Waals surface area contributed by atoms with Gasteiger partial charge in [-0.25, -0.2) is 9.48 Å². The predicted octanol–water partition coefficient (Wildman–Crippen LogP) is 4.97. The minimum atomic E-state index is -0.387. The minimum absolute atomic E-state index is 0.0522. The van der Waals surface area contributed by atoms with Crippen LogP contribution in [-0.2, 0) is 0 Å². The number of amides is 3. The Morgan fingerprint density at radius 1 is 1.00 bits per heavy atom. The average Bonchev–Trinajstić information content (AvgIpc) is 3.23. The van der Waals surface area contributed by atoms with E-state index in [1.165, 1.54) is 0 Å². The molecule has 31 heavy (non-hydrogen) atoms. The first-order valence-corrected chi connectivity index (χ1v) is 10.6. The number of halogens is 1. The maximum atomic E-state index is 12.7. The summed E-state index contributed by atoms with van der Waals surface area (Å²) in [6, 6.07) is 16.2. The van der Waals surface area contributed by atoms with Crippen molar-refractivity contribution in [2.45, 2.75) is 25.8 Å². The molecule has 0 radical (unpaired) electrons. The normalized spacial score (nSPS) is 14.3. The highest BCUT2D eigenvalue weighted by Crippen LogP contribution is 2.27. The Morgan fingerprint density at radius 3 is 2.42 bits per heavy atom. The van der Waals surface area contributed by atoms with E-state index in [1.807, 2.05) is 40.8 Å². The van der Waals surface area contributed by atoms with Crippen LogP contribution in [0.25, 0.3) is 0 Å². The van der Waals surface area contributed by atoms with Gasteiger partial charge < -0.3 is 10.2 Å². The number of urea groups is 1. The molecule has 1 fully saturated rings. The summed E-state index contributed by atoms with van der Waals surface area (Å²) >= 11 is 6.10. The molecule has 160 valence electrons. The van der Waals surface area contributed by atoms with E-state index in [0.29, 0.717) is 35.2 Å². The lowest BCUT2D eigenvalue weighted by Gasteiger charge is -2.32. The van der Waals surface area contributed by atoms with Crippen LogP contribution in [0.2, 0.25) is 5.02 Å². The van der Waals surface area contributed by atoms with Crippen molar-refractivity contribution >= 4 is 35.0 Å². The zero-order valence-corrected chi connectivity index (χ0v) is 18.0. The number of aromatic nitrogens is 2. The van der Waals surface area contributed by atoms with Crippen LogP contribution < -0.4 is 10.6 Å². The van der Waals surface area contributed by atoms with Crippen molar-refractivity contribution in [3.05, 3.63) is 76.9 Å². The standard InChI is InChI=1S/C23H24ClN5O2/c1-16-6-8-17(9-7-16)22(30)28-14-11-18(12-15-28)29-21(10-13-25-29)27-23(31)26-20-5-3-2-4-19(20)24/h2-10,13,18H,11-12,14-15H2,1H3,(H2,26,27,31). The number of hydrogen-bond donors (Lipinski definition) is 2. The van der Waals surface area contributed by atoms with E-state index < -0.39 is 0 Å². The highest BCUT2D eigenvalue weighted by molar-refractivity contribution is 6.33. The lowest BCUT2D eigenvalue weighted by Crippen LogP contribution is -2.39. The molecule has 4 rings (SSSR count). The van der Waals surface area contributed by atoms with Crippen molar-refractivity contribution in [2.75, 3.05) is 23.7 Å². The SMILES string of the molecule is Cc1ccc(C(=O)N2CCC(n3nccc3NC(=O)Nc3ccccc3Cl)CC2)cc1. The van der Waals surface area contributed by atoms with Crippen LogP contribution >= 0.6 is 11.6 Å². The first-order valence-electron chi connectivity index (χ1n) is 10.2. The van der Waals surface area contributed by atoms with E-state index in [2.05, 4.69) is 15.7 Å². The van der Waals surface area contributed by atoms with Crippen LogP contribution in [0.3, 0.4) is 0 Å². The minimum Gasteiger partial charge on any atom is -0.338 e. The molecule has 1 aliphatic rings. The molecule has 0 spiro atoms. The number of rotatable bonds is 4. The van der Waals surface area contributed by atoms with Crippen molar-refractivity contribution in [1.82, 2.24) is 14.7 Å². The van der Waals surface area contributed by atoms with Crippen LogP contribution in [0.5, 0.6) is 0 Å². The van der Waals surface area contributed by atoms with Crippen LogP contribution in [0.15, 0.2) is 60.8 Å². The van der Waals surface area contributed by atoms with E-state index in [4.69, 9.17) is 11.6 Å². The summed E-state index contributed by atoms with van der Waals surface area (Å²) in [5.41, 5.74) is 2.38. The molecule has 2 N–H and O–H groups in total. The van der Waals surface area contributed by atoms with Gasteiger partial charge in [-0.2, -0.15) is 5.10 Å². The van der Waals surface area contributed by atoms with Crippen molar-refractivity contribution in [2.24, 2.45) is 0 Å². The zero-order valence-electron chi connectivity index (χ0n) is 17.2. The van der Waals surface area contributed by atoms with Gasteiger partial charge in [-0.15, -0.1) is 0 Å². The number of benzene rings is 2. The summed E-state index contributed by atoms with van der Waals surface area (Å²) in [6.45, 7) is 3.29. The molecule has 2 aromatic carbocycles. The van der Waals surface area contributed by atoms with E-state index >= 15 is 0 Å². The molecule has 1 aliphatic heterocycles. The van der Waals surface area contributed by atoms with Gasteiger partial charge in [0.25, 0.3) is 5.91 Å². The molecule has 2 heterocycles. The van der Waals surface area contributed by atoms with Gasteiger partial charge >= 0.3 is 6.03 Å². The maximum Gasteiger partial charge on any atom is 0.324 e. The monoisotopic (exact) mass is 437 g/mol. The Bertz CT molecular complexity index is 1070. The Labute approximate surface area is 186 Å². The number of carbonyl (C=O) groups is 2. The van der Waals surface area contributed by atoms with E-state index in [9.17, 15) is 9.59 Å². The van der Waals surface area contributed by atoms with Gasteiger partial charge in [-0.05, 0) is 44.0 Å². The number of anilines is 2. The number of piperidine rings is 1. The smallest absolute Gasteiger partial charge is 0.324 e. The topological polar surface area (TPSA) is 79.3 Å². The zero-order chi connectivity index (χ0) is 21.8. The van der Waals surface area contributed by atoms with Gasteiger partial charge in [-0.1, -0.05) is 41.4 Å². The first-order chi connectivity index (χ1) is 15.0. The molecule has 7 nitrogen and oxygen atoms in total. The van der Waals surface area contributed by atoms with Crippen LogP contribution in [0, 0.1) is 6.92 Å². The molecule has 0 bridgehead atoms. The summed E-state index contributed by atoms with van der Waals surface area (Å²) < 4.78 is 1.82. The van der Waals surface area contributed by atoms with Crippen molar-refractivity contribution < 1.29 is 9.59 Å². The second-order valence-electron chi connectivity index (χ2n) is 7.61. The summed E-state index contributed by atoms with van der Waals surface area (Å²) in [4.78, 5) is 27.0. The number of hydrogen-bond acceptors (Lipinski definition) is 3. The Hall–Kier alpha value is -3.32. The van der Waals surface area contributed by atoms with Gasteiger partial charge in [0.15, 0.2) is 0 Å². The Morgan fingerprint density at radius 2 is 1.71 bits per heavy atom. The molecule has 3 aromatic rings. The average molecular weight is 438 g/mol. The van der Waals surface area contributed by atoms with E-state index in [-0.39, 0.29) is 18.0 Å². The fourth-order valence-corrected chi connectivity index (χ4v) is 3.91. The molecule has 8 heteroatoms. The number of para-hydroxylation sites is 1. The molecule has 0 aliphatic carbocycles. The van der Waals surface area contributed by atoms with Gasteiger partial charge in [-0.3, -0.25) is 10.1 Å². The third kappa shape index (κ3) is 4.88. The third-order valence-corrected chi connectivity index (χ3v) is 5.76. The third-order valence-electron chi connectivity index (χ3n) is 5.43. The van der Waals surface area contributed by atoms with E-state index in [0.717, 1.165) is 18.4 Å². The number of aryl methyl sites for hydroxylation is 1. The molecule has 3 amide bonds. The molecule has 0 saturated carbocycles. The molecule has 1 aromatic heterocycles. The van der Waals surface area contributed by atoms with Crippen LogP contribution in [0.1, 0.15) is 34.8 Å². The first kappa shape index (κ1) is 20.9. The van der Waals surface area contributed by atoms with Gasteiger partial charge in [0.1, 0.15) is 5.82 Å². The summed E-state index contributed by atoms with van der Waals surface area (Å²) in [5.74, 6) is 0.657. The fourth-order valence-electron chi connectivity index (χ4n) is 3.73. The van der Waals surface area contributed by atoms with Crippen molar-refractivity contribution in [3.63, 3.8) is 0 Å². The quantitative estimate of drug-likeness (QED) is 0.605. The molecular formula is C23H24ClN5O2. The second-order valence-corrected chi connectivity index (χ2v) is 8.02. The summed E-state index contributed by atoms with van der Waals surface area (Å²) in [6.07, 6.45) is 3.19. The van der Waals surface area contributed by atoms with Crippen molar-refractivity contribution in [1.29, 1.82) is 0 Å². The summed E-state index contributed by atoms with van der Waals surface area (Å²) in [7, 11) is 0. The highest BCUT2D eigenvalue weighted by atomic mass is 35.5. The molecular weight excluding hydrogens is 414 g/mol. The van der Waals surface area contributed by atoms with Gasteiger partial charge in [0.05, 0.1) is 22.9 Å². The van der Waals surface area contributed by atoms with Crippen molar-refractivity contribution in [3.8, 4) is 0 Å². The Balaban J connectivity index is 1.36. The van der Waals surface area contributed by atoms with Gasteiger partial charge in [0, 0.05) is 24.7 Å². The highest BCUT2D eigenvalue weighted by Gasteiger charge is 2.26. The summed E-state index contributed by atoms with van der Waals surface area (Å²) in [5, 5.41) is 10.5. The maximum absolute atomic E-state index is 12.7. The Kier molecular flexibility index (Phi) is 6.23. The predicted molar refractivity (Wildman–Crippen MR) is 122 cm³/mol. The van der Waals surface area contributed by atoms with Gasteiger partial charge in [0.2, 0.25) is 0 Å². The van der Waals surface area contributed by atoms with Crippen LogP contribution in [0.4, 0.5) is 16.3 Å². The fraction of sp³-hybridized carbons (Fsp3) is 0.261. The molecule has 0 unspecified atom stereocenters. The molecule has 1 saturated heterocycles. The number of nitrogens with one attached hydrogen (secondary N) is 2.